The first-order valence-corrected chi connectivity index (χ1v) is 8.07. The predicted molar refractivity (Wildman–Crippen MR) is 93.8 cm³/mol. The Bertz CT molecular complexity index is 612. The van der Waals surface area contributed by atoms with Crippen molar-refractivity contribution in [2.45, 2.75) is 39.3 Å². The molecular formula is C17H26N4O3. The zero-order valence-corrected chi connectivity index (χ0v) is 14.7. The van der Waals surface area contributed by atoms with Gasteiger partial charge in [0.15, 0.2) is 0 Å². The van der Waals surface area contributed by atoms with Gasteiger partial charge < -0.3 is 25.6 Å². The number of ether oxygens (including phenoxy) is 1. The van der Waals surface area contributed by atoms with Crippen LogP contribution in [0.1, 0.15) is 27.7 Å². The quantitative estimate of drug-likeness (QED) is 0.773. The summed E-state index contributed by atoms with van der Waals surface area (Å²) in [7, 11) is 0. The zero-order chi connectivity index (χ0) is 17.9. The average Bonchev–Trinajstić information content (AvgIpc) is 2.45. The number of nitrogens with zero attached hydrogens (tertiary/aromatic N) is 2. The number of hydrogen-bond acceptors (Lipinski definition) is 4. The molecule has 1 saturated heterocycles. The fourth-order valence-electron chi connectivity index (χ4n) is 2.55. The van der Waals surface area contributed by atoms with Crippen molar-refractivity contribution in [2.75, 3.05) is 30.7 Å². The summed E-state index contributed by atoms with van der Waals surface area (Å²) in [6, 6.07) is 6.73. The highest BCUT2D eigenvalue weighted by atomic mass is 16.6. The van der Waals surface area contributed by atoms with Crippen LogP contribution < -0.4 is 11.1 Å². The summed E-state index contributed by atoms with van der Waals surface area (Å²) in [5.74, 6) is 0. The second-order valence-electron chi connectivity index (χ2n) is 7.02. The SMILES string of the molecule is C[C@H]1CN(C(=O)Nc2cccc(N)c2)CCN1C(=O)OC(C)(C)C. The van der Waals surface area contributed by atoms with E-state index in [-0.39, 0.29) is 18.2 Å². The first-order chi connectivity index (χ1) is 11.2. The van der Waals surface area contributed by atoms with Crippen molar-refractivity contribution in [3.05, 3.63) is 24.3 Å². The maximum absolute atomic E-state index is 12.4. The number of anilines is 2. The van der Waals surface area contributed by atoms with Crippen LogP contribution in [0, 0.1) is 0 Å². The van der Waals surface area contributed by atoms with Crippen molar-refractivity contribution < 1.29 is 14.3 Å². The van der Waals surface area contributed by atoms with Gasteiger partial charge in [0.1, 0.15) is 5.60 Å². The summed E-state index contributed by atoms with van der Waals surface area (Å²) in [5.41, 5.74) is 6.43. The summed E-state index contributed by atoms with van der Waals surface area (Å²) < 4.78 is 5.41. The van der Waals surface area contributed by atoms with Crippen LogP contribution >= 0.6 is 0 Å². The van der Waals surface area contributed by atoms with E-state index in [1.165, 1.54) is 0 Å². The maximum atomic E-state index is 12.4. The smallest absolute Gasteiger partial charge is 0.410 e. The van der Waals surface area contributed by atoms with E-state index in [1.807, 2.05) is 27.7 Å². The van der Waals surface area contributed by atoms with Gasteiger partial charge >= 0.3 is 12.1 Å². The molecule has 0 unspecified atom stereocenters. The molecule has 2 rings (SSSR count). The fourth-order valence-corrected chi connectivity index (χ4v) is 2.55. The molecule has 0 aromatic heterocycles. The van der Waals surface area contributed by atoms with Gasteiger partial charge in [-0.1, -0.05) is 6.07 Å². The summed E-state index contributed by atoms with van der Waals surface area (Å²) in [6.45, 7) is 8.77. The molecule has 0 bridgehead atoms. The number of rotatable bonds is 1. The van der Waals surface area contributed by atoms with Gasteiger partial charge in [0, 0.05) is 37.1 Å². The summed E-state index contributed by atoms with van der Waals surface area (Å²) in [5, 5.41) is 2.83. The second kappa shape index (κ2) is 6.98. The molecule has 1 heterocycles. The summed E-state index contributed by atoms with van der Waals surface area (Å²) >= 11 is 0. The Hall–Kier alpha value is -2.44. The summed E-state index contributed by atoms with van der Waals surface area (Å²) in [6.07, 6.45) is -0.342. The van der Waals surface area contributed by atoms with Crippen LogP contribution in [0.2, 0.25) is 0 Å². The Kier molecular flexibility index (Phi) is 5.21. The molecule has 0 saturated carbocycles. The van der Waals surface area contributed by atoms with E-state index in [2.05, 4.69) is 5.32 Å². The third kappa shape index (κ3) is 4.78. The maximum Gasteiger partial charge on any atom is 0.410 e. The standard InChI is InChI=1S/C17H26N4O3/c1-12-11-20(8-9-21(12)16(23)24-17(2,3)4)15(22)19-14-7-5-6-13(18)10-14/h5-7,10,12H,8-9,11,18H2,1-4H3,(H,19,22)/t12-/m0/s1. The normalized spacial score (nSPS) is 18.2. The number of carbonyl (C=O) groups excluding carboxylic acids is 2. The van der Waals surface area contributed by atoms with Gasteiger partial charge in [-0.15, -0.1) is 0 Å². The van der Waals surface area contributed by atoms with Crippen molar-refractivity contribution in [3.8, 4) is 0 Å². The number of nitrogen functional groups attached to an aromatic ring is 1. The van der Waals surface area contributed by atoms with Crippen LogP contribution in [0.15, 0.2) is 24.3 Å². The highest BCUT2D eigenvalue weighted by Crippen LogP contribution is 2.17. The molecule has 0 radical (unpaired) electrons. The Morgan fingerprint density at radius 2 is 2.00 bits per heavy atom. The molecule has 7 heteroatoms. The lowest BCUT2D eigenvalue weighted by Gasteiger charge is -2.40. The average molecular weight is 334 g/mol. The van der Waals surface area contributed by atoms with Crippen molar-refractivity contribution >= 4 is 23.5 Å². The lowest BCUT2D eigenvalue weighted by atomic mass is 10.2. The molecule has 1 aromatic rings. The van der Waals surface area contributed by atoms with E-state index in [0.29, 0.717) is 31.0 Å². The van der Waals surface area contributed by atoms with E-state index in [1.54, 1.807) is 34.1 Å². The number of nitrogens with one attached hydrogen (secondary N) is 1. The largest absolute Gasteiger partial charge is 0.444 e. The second-order valence-corrected chi connectivity index (χ2v) is 7.02. The van der Waals surface area contributed by atoms with E-state index >= 15 is 0 Å². The molecule has 0 aliphatic carbocycles. The van der Waals surface area contributed by atoms with Gasteiger partial charge in [-0.25, -0.2) is 9.59 Å². The van der Waals surface area contributed by atoms with Crippen LogP contribution in [-0.4, -0.2) is 53.2 Å². The Balaban J connectivity index is 1.92. The topological polar surface area (TPSA) is 87.9 Å². The van der Waals surface area contributed by atoms with Crippen LogP contribution in [0.5, 0.6) is 0 Å². The third-order valence-corrected chi connectivity index (χ3v) is 3.68. The van der Waals surface area contributed by atoms with Crippen LogP contribution in [0.3, 0.4) is 0 Å². The number of amides is 3. The summed E-state index contributed by atoms with van der Waals surface area (Å²) in [4.78, 5) is 27.9. The molecule has 132 valence electrons. The van der Waals surface area contributed by atoms with Gasteiger partial charge in [-0.05, 0) is 45.9 Å². The number of nitrogens with two attached hydrogens (primary N) is 1. The minimum Gasteiger partial charge on any atom is -0.444 e. The Labute approximate surface area is 142 Å². The molecule has 24 heavy (non-hydrogen) atoms. The van der Waals surface area contributed by atoms with Gasteiger partial charge in [-0.2, -0.15) is 0 Å². The van der Waals surface area contributed by atoms with Gasteiger partial charge in [0.05, 0.1) is 0 Å². The van der Waals surface area contributed by atoms with Gasteiger partial charge in [-0.3, -0.25) is 0 Å². The van der Waals surface area contributed by atoms with Crippen molar-refractivity contribution in [1.82, 2.24) is 9.80 Å². The molecule has 1 aliphatic rings. The van der Waals surface area contributed by atoms with E-state index < -0.39 is 5.60 Å². The molecule has 0 spiro atoms. The first kappa shape index (κ1) is 17.9. The van der Waals surface area contributed by atoms with E-state index in [4.69, 9.17) is 10.5 Å². The monoisotopic (exact) mass is 334 g/mol. The van der Waals surface area contributed by atoms with Crippen molar-refractivity contribution in [3.63, 3.8) is 0 Å². The minimum atomic E-state index is -0.529. The molecule has 1 aliphatic heterocycles. The van der Waals surface area contributed by atoms with Crippen LogP contribution in [-0.2, 0) is 4.74 Å². The number of benzene rings is 1. The Morgan fingerprint density at radius 1 is 1.29 bits per heavy atom. The molecule has 3 amide bonds. The molecule has 1 aromatic carbocycles. The third-order valence-electron chi connectivity index (χ3n) is 3.68. The van der Waals surface area contributed by atoms with E-state index in [0.717, 1.165) is 0 Å². The lowest BCUT2D eigenvalue weighted by Crippen LogP contribution is -2.57. The number of piperazine rings is 1. The van der Waals surface area contributed by atoms with E-state index in [9.17, 15) is 9.59 Å². The molecule has 1 atom stereocenters. The molecular weight excluding hydrogens is 308 g/mol. The number of urea groups is 1. The lowest BCUT2D eigenvalue weighted by molar-refractivity contribution is 0.00589. The predicted octanol–water partition coefficient (Wildman–Crippen LogP) is 2.74. The van der Waals surface area contributed by atoms with Crippen molar-refractivity contribution in [1.29, 1.82) is 0 Å². The van der Waals surface area contributed by atoms with Crippen LogP contribution in [0.4, 0.5) is 21.0 Å². The highest BCUT2D eigenvalue weighted by Gasteiger charge is 2.32. The first-order valence-electron chi connectivity index (χ1n) is 8.07. The van der Waals surface area contributed by atoms with Crippen molar-refractivity contribution in [2.24, 2.45) is 0 Å². The highest BCUT2D eigenvalue weighted by molar-refractivity contribution is 5.90. The fraction of sp³-hybridized carbons (Fsp3) is 0.529. The molecule has 1 fully saturated rings. The van der Waals surface area contributed by atoms with Gasteiger partial charge in [0.25, 0.3) is 0 Å². The van der Waals surface area contributed by atoms with Crippen LogP contribution in [0.25, 0.3) is 0 Å². The Morgan fingerprint density at radius 3 is 2.58 bits per heavy atom. The molecule has 7 nitrogen and oxygen atoms in total. The minimum absolute atomic E-state index is 0.111. The number of hydrogen-bond donors (Lipinski definition) is 2. The number of carbonyl (C=O) groups is 2. The van der Waals surface area contributed by atoms with Gasteiger partial charge in [0.2, 0.25) is 0 Å². The molecule has 3 N–H and O–H groups in total. The zero-order valence-electron chi connectivity index (χ0n) is 14.7.